The molecule has 17 heavy (non-hydrogen) atoms. The summed E-state index contributed by atoms with van der Waals surface area (Å²) in [5.41, 5.74) is 4.91. The van der Waals surface area contributed by atoms with Crippen molar-refractivity contribution in [3.63, 3.8) is 0 Å². The van der Waals surface area contributed by atoms with E-state index in [1.54, 1.807) is 6.92 Å². The molecule has 0 amide bonds. The van der Waals surface area contributed by atoms with Crippen LogP contribution in [0.5, 0.6) is 0 Å². The van der Waals surface area contributed by atoms with Crippen LogP contribution in [-0.2, 0) is 9.47 Å². The first-order valence-corrected chi connectivity index (χ1v) is 6.36. The summed E-state index contributed by atoms with van der Waals surface area (Å²) in [6.07, 6.45) is 1.23. The molecule has 0 rings (SSSR count). The third-order valence-corrected chi connectivity index (χ3v) is 2.55. The highest BCUT2D eigenvalue weighted by Gasteiger charge is 2.22. The van der Waals surface area contributed by atoms with E-state index in [-0.39, 0.29) is 12.2 Å². The zero-order chi connectivity index (χ0) is 13.5. The third kappa shape index (κ3) is 9.53. The van der Waals surface area contributed by atoms with E-state index in [1.807, 2.05) is 0 Å². The molecule has 1 unspecified atom stereocenters. The summed E-state index contributed by atoms with van der Waals surface area (Å²) < 4.78 is 11.3. The molecule has 0 radical (unpaired) electrons. The largest absolute Gasteiger partial charge is 0.396 e. The van der Waals surface area contributed by atoms with Crippen LogP contribution in [0.2, 0.25) is 0 Å². The summed E-state index contributed by atoms with van der Waals surface area (Å²) in [6.45, 7) is 11.5. The van der Waals surface area contributed by atoms with Gasteiger partial charge in [0.2, 0.25) is 0 Å². The van der Waals surface area contributed by atoms with Crippen molar-refractivity contribution in [3.05, 3.63) is 0 Å². The maximum absolute atomic E-state index is 8.82. The normalized spacial score (nSPS) is 16.2. The van der Waals surface area contributed by atoms with Crippen LogP contribution in [0.25, 0.3) is 0 Å². The van der Waals surface area contributed by atoms with Gasteiger partial charge in [0, 0.05) is 19.6 Å². The molecular formula is C13H29NO3. The summed E-state index contributed by atoms with van der Waals surface area (Å²) in [7, 11) is 0. The van der Waals surface area contributed by atoms with Crippen molar-refractivity contribution in [1.29, 1.82) is 0 Å². The molecule has 0 bridgehead atoms. The van der Waals surface area contributed by atoms with Gasteiger partial charge in [0.1, 0.15) is 5.72 Å². The topological polar surface area (TPSA) is 64.7 Å². The van der Waals surface area contributed by atoms with Gasteiger partial charge in [-0.1, -0.05) is 13.8 Å². The van der Waals surface area contributed by atoms with E-state index in [2.05, 4.69) is 27.7 Å². The van der Waals surface area contributed by atoms with E-state index in [0.29, 0.717) is 18.9 Å². The fourth-order valence-electron chi connectivity index (χ4n) is 1.29. The van der Waals surface area contributed by atoms with Crippen molar-refractivity contribution >= 4 is 0 Å². The molecule has 3 N–H and O–H groups in total. The number of hydrogen-bond acceptors (Lipinski definition) is 4. The highest BCUT2D eigenvalue weighted by molar-refractivity contribution is 4.71. The van der Waals surface area contributed by atoms with E-state index >= 15 is 0 Å². The summed E-state index contributed by atoms with van der Waals surface area (Å²) in [6, 6.07) is 0. The van der Waals surface area contributed by atoms with E-state index in [4.69, 9.17) is 20.3 Å². The van der Waals surface area contributed by atoms with Crippen molar-refractivity contribution < 1.29 is 14.6 Å². The lowest BCUT2D eigenvalue weighted by Gasteiger charge is -2.29. The van der Waals surface area contributed by atoms with E-state index in [9.17, 15) is 0 Å². The van der Waals surface area contributed by atoms with Crippen LogP contribution < -0.4 is 5.73 Å². The molecule has 0 fully saturated rings. The second-order valence-corrected chi connectivity index (χ2v) is 5.85. The van der Waals surface area contributed by atoms with Crippen molar-refractivity contribution in [2.45, 2.75) is 58.8 Å². The van der Waals surface area contributed by atoms with Crippen molar-refractivity contribution in [1.82, 2.24) is 0 Å². The monoisotopic (exact) mass is 247 g/mol. The molecule has 0 aromatic rings. The minimum absolute atomic E-state index is 0.0419. The Kier molecular flexibility index (Phi) is 7.24. The van der Waals surface area contributed by atoms with Crippen LogP contribution in [0.1, 0.15) is 47.5 Å². The average Bonchev–Trinajstić information content (AvgIpc) is 2.14. The molecule has 0 heterocycles. The summed E-state index contributed by atoms with van der Waals surface area (Å²) in [5.74, 6) is 0.532. The van der Waals surface area contributed by atoms with Gasteiger partial charge in [-0.2, -0.15) is 0 Å². The quantitative estimate of drug-likeness (QED) is 0.611. The molecule has 4 nitrogen and oxygen atoms in total. The molecule has 0 aliphatic carbocycles. The number of aliphatic hydroxyl groups is 1. The number of nitrogens with two attached hydrogens (primary N) is 1. The number of aliphatic hydroxyl groups excluding tert-OH is 1. The first kappa shape index (κ1) is 16.8. The number of rotatable bonds is 9. The fraction of sp³-hybridized carbons (Fsp3) is 1.00. The predicted molar refractivity (Wildman–Crippen MR) is 69.7 cm³/mol. The maximum atomic E-state index is 8.82. The Morgan fingerprint density at radius 2 is 1.71 bits per heavy atom. The molecule has 4 heteroatoms. The molecule has 0 aromatic heterocycles. The first-order chi connectivity index (χ1) is 7.68. The van der Waals surface area contributed by atoms with Crippen molar-refractivity contribution in [2.24, 2.45) is 11.7 Å². The van der Waals surface area contributed by atoms with Crippen LogP contribution in [0.15, 0.2) is 0 Å². The number of hydrogen-bond donors (Lipinski definition) is 2. The third-order valence-electron chi connectivity index (χ3n) is 2.55. The molecule has 0 aliphatic heterocycles. The summed E-state index contributed by atoms with van der Waals surface area (Å²) >= 11 is 0. The lowest BCUT2D eigenvalue weighted by atomic mass is 10.1. The highest BCUT2D eigenvalue weighted by Crippen LogP contribution is 2.17. The molecule has 104 valence electrons. The predicted octanol–water partition coefficient (Wildman–Crippen LogP) is 1.90. The molecule has 1 atom stereocenters. The van der Waals surface area contributed by atoms with Crippen LogP contribution in [0.4, 0.5) is 0 Å². The lowest BCUT2D eigenvalue weighted by molar-refractivity contribution is -0.0866. The Bertz CT molecular complexity index is 203. The van der Waals surface area contributed by atoms with Gasteiger partial charge in [-0.25, -0.2) is 0 Å². The molecule has 0 spiro atoms. The molecule has 0 aliphatic rings. The van der Waals surface area contributed by atoms with Gasteiger partial charge in [0.05, 0.1) is 12.2 Å². The van der Waals surface area contributed by atoms with E-state index < -0.39 is 5.72 Å². The van der Waals surface area contributed by atoms with Gasteiger partial charge in [0.15, 0.2) is 0 Å². The minimum Gasteiger partial charge on any atom is -0.396 e. The van der Waals surface area contributed by atoms with Gasteiger partial charge in [-0.3, -0.25) is 0 Å². The van der Waals surface area contributed by atoms with Gasteiger partial charge >= 0.3 is 0 Å². The first-order valence-electron chi connectivity index (χ1n) is 6.36. The second kappa shape index (κ2) is 7.31. The van der Waals surface area contributed by atoms with Gasteiger partial charge in [0.25, 0.3) is 0 Å². The standard InChI is InChI=1S/C13H29NO3/c1-11(2)10-17-12(3,4)7-9-16-13(5,14)6-8-15/h11,15H,6-10,14H2,1-5H3. The molecule has 0 saturated heterocycles. The Labute approximate surface area is 105 Å². The Hall–Kier alpha value is -0.160. The minimum atomic E-state index is -0.747. The maximum Gasteiger partial charge on any atom is 0.116 e. The molecule has 0 saturated carbocycles. The molecule has 0 aromatic carbocycles. The van der Waals surface area contributed by atoms with Crippen molar-refractivity contribution in [2.75, 3.05) is 19.8 Å². The number of ether oxygens (including phenoxy) is 2. The SMILES string of the molecule is CC(C)COC(C)(C)CCOC(C)(N)CCO. The van der Waals surface area contributed by atoms with Gasteiger partial charge < -0.3 is 20.3 Å². The van der Waals surface area contributed by atoms with Crippen LogP contribution in [-0.4, -0.2) is 36.3 Å². The van der Waals surface area contributed by atoms with E-state index in [1.165, 1.54) is 0 Å². The fourth-order valence-corrected chi connectivity index (χ4v) is 1.29. The molecular weight excluding hydrogens is 218 g/mol. The second-order valence-electron chi connectivity index (χ2n) is 5.85. The van der Waals surface area contributed by atoms with Crippen LogP contribution in [0.3, 0.4) is 0 Å². The van der Waals surface area contributed by atoms with Gasteiger partial charge in [-0.05, 0) is 33.1 Å². The Morgan fingerprint density at radius 1 is 1.12 bits per heavy atom. The highest BCUT2D eigenvalue weighted by atomic mass is 16.5. The smallest absolute Gasteiger partial charge is 0.116 e. The Morgan fingerprint density at radius 3 is 2.18 bits per heavy atom. The van der Waals surface area contributed by atoms with Crippen LogP contribution in [0, 0.1) is 5.92 Å². The summed E-state index contributed by atoms with van der Waals surface area (Å²) in [4.78, 5) is 0. The zero-order valence-electron chi connectivity index (χ0n) is 12.0. The van der Waals surface area contributed by atoms with E-state index in [0.717, 1.165) is 13.0 Å². The van der Waals surface area contributed by atoms with Crippen molar-refractivity contribution in [3.8, 4) is 0 Å². The van der Waals surface area contributed by atoms with Crippen LogP contribution >= 0.6 is 0 Å². The average molecular weight is 247 g/mol. The Balaban J connectivity index is 3.85. The zero-order valence-corrected chi connectivity index (χ0v) is 12.0. The summed E-state index contributed by atoms with van der Waals surface area (Å²) in [5, 5.41) is 8.82. The van der Waals surface area contributed by atoms with Gasteiger partial charge in [-0.15, -0.1) is 0 Å². The lowest BCUT2D eigenvalue weighted by Crippen LogP contribution is -2.41.